The number of amides is 1. The molecule has 0 atom stereocenters. The van der Waals surface area contributed by atoms with E-state index in [1.165, 1.54) is 49.7 Å². The molecule has 0 unspecified atom stereocenters. The highest BCUT2D eigenvalue weighted by atomic mass is 32.2. The standard InChI is InChI=1S/C18H18N4O3S2/c1-22(2)27(24,25)15-8-6-12(7-9-15)17(23)21-18-20-16(11-26-18)13-4-3-5-14(19)10-13/h3-11H,19H2,1-2H3,(H,20,21,23). The summed E-state index contributed by atoms with van der Waals surface area (Å²) in [5.74, 6) is -0.364. The summed E-state index contributed by atoms with van der Waals surface area (Å²) in [4.78, 5) is 16.9. The molecule has 0 bridgehead atoms. The van der Waals surface area contributed by atoms with Crippen molar-refractivity contribution in [3.05, 3.63) is 59.5 Å². The van der Waals surface area contributed by atoms with Gasteiger partial charge in [-0.1, -0.05) is 12.1 Å². The molecule has 0 aliphatic rings. The monoisotopic (exact) mass is 402 g/mol. The first-order valence-electron chi connectivity index (χ1n) is 7.93. The van der Waals surface area contributed by atoms with Crippen LogP contribution in [0, 0.1) is 0 Å². The van der Waals surface area contributed by atoms with E-state index in [1.54, 1.807) is 6.07 Å². The summed E-state index contributed by atoms with van der Waals surface area (Å²) in [7, 11) is -0.619. The summed E-state index contributed by atoms with van der Waals surface area (Å²) in [5.41, 5.74) is 8.34. The molecule has 0 saturated heterocycles. The molecule has 1 aromatic heterocycles. The fraction of sp³-hybridized carbons (Fsp3) is 0.111. The van der Waals surface area contributed by atoms with E-state index in [9.17, 15) is 13.2 Å². The Bertz CT molecular complexity index is 1070. The number of carbonyl (C=O) groups is 1. The number of benzene rings is 2. The number of nitrogens with zero attached hydrogens (tertiary/aromatic N) is 2. The molecule has 0 spiro atoms. The summed E-state index contributed by atoms with van der Waals surface area (Å²) < 4.78 is 25.3. The van der Waals surface area contributed by atoms with Crippen LogP contribution in [0.5, 0.6) is 0 Å². The van der Waals surface area contributed by atoms with Crippen molar-refractivity contribution < 1.29 is 13.2 Å². The number of nitrogens with one attached hydrogen (secondary N) is 1. The fourth-order valence-electron chi connectivity index (χ4n) is 2.32. The third-order valence-electron chi connectivity index (χ3n) is 3.80. The van der Waals surface area contributed by atoms with Gasteiger partial charge in [0.25, 0.3) is 5.91 Å². The first-order chi connectivity index (χ1) is 12.8. The van der Waals surface area contributed by atoms with E-state index < -0.39 is 10.0 Å². The van der Waals surface area contributed by atoms with E-state index in [4.69, 9.17) is 5.73 Å². The third-order valence-corrected chi connectivity index (χ3v) is 6.39. The Balaban J connectivity index is 1.75. The molecule has 7 nitrogen and oxygen atoms in total. The highest BCUT2D eigenvalue weighted by molar-refractivity contribution is 7.89. The number of thiazole rings is 1. The van der Waals surface area contributed by atoms with E-state index in [0.717, 1.165) is 15.6 Å². The van der Waals surface area contributed by atoms with Gasteiger partial charge in [0.1, 0.15) is 0 Å². The van der Waals surface area contributed by atoms with Gasteiger partial charge in [-0.25, -0.2) is 17.7 Å². The van der Waals surface area contributed by atoms with Gasteiger partial charge in [0.05, 0.1) is 10.6 Å². The molecule has 0 fully saturated rings. The first kappa shape index (κ1) is 19.0. The zero-order chi connectivity index (χ0) is 19.6. The van der Waals surface area contributed by atoms with Gasteiger partial charge >= 0.3 is 0 Å². The predicted octanol–water partition coefficient (Wildman–Crippen LogP) is 2.89. The van der Waals surface area contributed by atoms with E-state index in [2.05, 4.69) is 10.3 Å². The highest BCUT2D eigenvalue weighted by Crippen LogP contribution is 2.26. The Morgan fingerprint density at radius 3 is 2.48 bits per heavy atom. The van der Waals surface area contributed by atoms with Crippen molar-refractivity contribution in [3.8, 4) is 11.3 Å². The Kier molecular flexibility index (Phi) is 5.26. The topological polar surface area (TPSA) is 105 Å². The molecule has 3 aromatic rings. The summed E-state index contributed by atoms with van der Waals surface area (Å²) in [6.45, 7) is 0. The lowest BCUT2D eigenvalue weighted by Crippen LogP contribution is -2.22. The van der Waals surface area contributed by atoms with Gasteiger partial charge in [0, 0.05) is 36.3 Å². The van der Waals surface area contributed by atoms with Crippen LogP contribution in [0.25, 0.3) is 11.3 Å². The van der Waals surface area contributed by atoms with E-state index >= 15 is 0 Å². The van der Waals surface area contributed by atoms with Crippen molar-refractivity contribution in [1.29, 1.82) is 0 Å². The first-order valence-corrected chi connectivity index (χ1v) is 10.2. The maximum Gasteiger partial charge on any atom is 0.257 e. The summed E-state index contributed by atoms with van der Waals surface area (Å²) >= 11 is 1.30. The zero-order valence-electron chi connectivity index (χ0n) is 14.7. The van der Waals surface area contributed by atoms with Crippen LogP contribution < -0.4 is 11.1 Å². The lowest BCUT2D eigenvalue weighted by atomic mass is 10.1. The number of anilines is 2. The minimum atomic E-state index is -3.53. The maximum atomic E-state index is 12.4. The van der Waals surface area contributed by atoms with Crippen LogP contribution in [0.3, 0.4) is 0 Å². The van der Waals surface area contributed by atoms with Crippen LogP contribution in [0.15, 0.2) is 58.8 Å². The van der Waals surface area contributed by atoms with Gasteiger partial charge < -0.3 is 5.73 Å². The predicted molar refractivity (Wildman–Crippen MR) is 107 cm³/mol. The molecule has 0 radical (unpaired) electrons. The van der Waals surface area contributed by atoms with Crippen LogP contribution in [0.2, 0.25) is 0 Å². The molecule has 1 amide bonds. The molecular weight excluding hydrogens is 384 g/mol. The van der Waals surface area contributed by atoms with E-state index in [1.807, 2.05) is 23.6 Å². The number of hydrogen-bond donors (Lipinski definition) is 2. The fourth-order valence-corrected chi connectivity index (χ4v) is 3.94. The largest absolute Gasteiger partial charge is 0.399 e. The molecule has 2 aromatic carbocycles. The second-order valence-electron chi connectivity index (χ2n) is 5.93. The Labute approximate surface area is 161 Å². The van der Waals surface area contributed by atoms with Crippen molar-refractivity contribution >= 4 is 38.1 Å². The molecule has 0 aliphatic heterocycles. The average molecular weight is 403 g/mol. The molecule has 3 rings (SSSR count). The lowest BCUT2D eigenvalue weighted by Gasteiger charge is -2.11. The summed E-state index contributed by atoms with van der Waals surface area (Å²) in [6.07, 6.45) is 0. The molecule has 0 saturated carbocycles. The number of rotatable bonds is 5. The van der Waals surface area contributed by atoms with Gasteiger partial charge in [-0.05, 0) is 36.4 Å². The van der Waals surface area contributed by atoms with Crippen molar-refractivity contribution in [2.45, 2.75) is 4.90 Å². The zero-order valence-corrected chi connectivity index (χ0v) is 16.3. The molecular formula is C18H18N4O3S2. The van der Waals surface area contributed by atoms with Crippen LogP contribution >= 0.6 is 11.3 Å². The third kappa shape index (κ3) is 4.16. The Hall–Kier alpha value is -2.75. The summed E-state index contributed by atoms with van der Waals surface area (Å²) in [5, 5.41) is 5.00. The highest BCUT2D eigenvalue weighted by Gasteiger charge is 2.18. The SMILES string of the molecule is CN(C)S(=O)(=O)c1ccc(C(=O)Nc2nc(-c3cccc(N)c3)cs2)cc1. The number of nitrogens with two attached hydrogens (primary N) is 1. The van der Waals surface area contributed by atoms with Crippen LogP contribution in [-0.2, 0) is 10.0 Å². The number of aromatic nitrogens is 1. The maximum absolute atomic E-state index is 12.4. The van der Waals surface area contributed by atoms with Crippen LogP contribution in [0.4, 0.5) is 10.8 Å². The van der Waals surface area contributed by atoms with Crippen molar-refractivity contribution in [3.63, 3.8) is 0 Å². The van der Waals surface area contributed by atoms with Crippen LogP contribution in [-0.4, -0.2) is 37.7 Å². The van der Waals surface area contributed by atoms with Gasteiger partial charge in [0.15, 0.2) is 5.13 Å². The molecule has 9 heteroatoms. The second-order valence-corrected chi connectivity index (χ2v) is 8.94. The van der Waals surface area contributed by atoms with Gasteiger partial charge in [0.2, 0.25) is 10.0 Å². The number of sulfonamides is 1. The van der Waals surface area contributed by atoms with Crippen molar-refractivity contribution in [2.75, 3.05) is 25.1 Å². The molecule has 27 heavy (non-hydrogen) atoms. The van der Waals surface area contributed by atoms with Gasteiger partial charge in [-0.15, -0.1) is 11.3 Å². The minimum absolute atomic E-state index is 0.127. The van der Waals surface area contributed by atoms with Crippen LogP contribution in [0.1, 0.15) is 10.4 Å². The van der Waals surface area contributed by atoms with Gasteiger partial charge in [-0.2, -0.15) is 0 Å². The summed E-state index contributed by atoms with van der Waals surface area (Å²) in [6, 6.07) is 13.1. The smallest absolute Gasteiger partial charge is 0.257 e. The van der Waals surface area contributed by atoms with E-state index in [-0.39, 0.29) is 10.8 Å². The molecule has 1 heterocycles. The van der Waals surface area contributed by atoms with Gasteiger partial charge in [-0.3, -0.25) is 10.1 Å². The molecule has 3 N–H and O–H groups in total. The number of hydrogen-bond acceptors (Lipinski definition) is 6. The Morgan fingerprint density at radius 1 is 1.15 bits per heavy atom. The van der Waals surface area contributed by atoms with Crippen molar-refractivity contribution in [1.82, 2.24) is 9.29 Å². The molecule has 140 valence electrons. The van der Waals surface area contributed by atoms with Crippen molar-refractivity contribution in [2.24, 2.45) is 0 Å². The number of nitrogen functional groups attached to an aromatic ring is 1. The second kappa shape index (κ2) is 7.47. The lowest BCUT2D eigenvalue weighted by molar-refractivity contribution is 0.102. The minimum Gasteiger partial charge on any atom is -0.399 e. The number of carbonyl (C=O) groups excluding carboxylic acids is 1. The van der Waals surface area contributed by atoms with E-state index in [0.29, 0.717) is 16.4 Å². The quantitative estimate of drug-likeness (QED) is 0.639. The average Bonchev–Trinajstić information content (AvgIpc) is 3.10. The normalized spacial score (nSPS) is 11.5. The Morgan fingerprint density at radius 2 is 1.85 bits per heavy atom. The molecule has 0 aliphatic carbocycles.